The number of rotatable bonds is 5. The predicted molar refractivity (Wildman–Crippen MR) is 291 cm³/mol. The number of nitrogens with zero attached hydrogens (tertiary/aromatic N) is 3. The van der Waals surface area contributed by atoms with Crippen molar-refractivity contribution in [1.82, 2.24) is 9.88 Å². The van der Waals surface area contributed by atoms with Crippen molar-refractivity contribution in [3.05, 3.63) is 235 Å². The molecule has 1 aliphatic heterocycles. The molecule has 5 nitrogen and oxygen atoms in total. The third-order valence-corrected chi connectivity index (χ3v) is 15.3. The second kappa shape index (κ2) is 14.8. The molecule has 1 atom stereocenters. The molecule has 0 saturated heterocycles. The van der Waals surface area contributed by atoms with E-state index in [9.17, 15) is 0 Å². The van der Waals surface area contributed by atoms with Gasteiger partial charge < -0.3 is 14.3 Å². The Labute approximate surface area is 399 Å². The number of hydrogen-bond donors (Lipinski definition) is 1. The molecule has 0 spiro atoms. The van der Waals surface area contributed by atoms with Gasteiger partial charge in [0.15, 0.2) is 11.4 Å². The van der Waals surface area contributed by atoms with E-state index in [4.69, 9.17) is 14.4 Å². The van der Waals surface area contributed by atoms with Gasteiger partial charge >= 0.3 is 0 Å². The number of aliphatic imine (C=N–C) groups is 2. The monoisotopic (exact) mass is 898 g/mol. The SMILES string of the molecule is c1ccc(-c2cccc(C3=NC(c4cc(-n5c6cc7ccccc7cc6c6cc7ccccc7cc65)c5oc6cc7ccccc7cc6c5c4)=NC(c4ccc5sc6ccccc6c5c4)N3)c2)cc1. The molecule has 1 unspecified atom stereocenters. The van der Waals surface area contributed by atoms with Crippen LogP contribution in [0.25, 0.3) is 113 Å². The summed E-state index contributed by atoms with van der Waals surface area (Å²) in [5, 5.41) is 17.8. The van der Waals surface area contributed by atoms with Crippen molar-refractivity contribution in [2.45, 2.75) is 6.17 Å². The van der Waals surface area contributed by atoms with Crippen LogP contribution in [-0.2, 0) is 0 Å². The number of fused-ring (bicyclic) bond motifs is 12. The summed E-state index contributed by atoms with van der Waals surface area (Å²) in [5.41, 5.74) is 10.0. The number of thiophene rings is 1. The van der Waals surface area contributed by atoms with Crippen molar-refractivity contribution in [2.24, 2.45) is 9.98 Å². The zero-order valence-corrected chi connectivity index (χ0v) is 37.8. The predicted octanol–water partition coefficient (Wildman–Crippen LogP) is 16.7. The van der Waals surface area contributed by atoms with Gasteiger partial charge in [-0.1, -0.05) is 146 Å². The summed E-state index contributed by atoms with van der Waals surface area (Å²) in [6.07, 6.45) is -0.425. The quantitative estimate of drug-likeness (QED) is 0.187. The normalized spacial score (nSPS) is 14.2. The summed E-state index contributed by atoms with van der Waals surface area (Å²) in [7, 11) is 0. The first kappa shape index (κ1) is 38.3. The molecule has 0 fully saturated rings. The molecule has 69 heavy (non-hydrogen) atoms. The molecule has 11 aromatic carbocycles. The highest BCUT2D eigenvalue weighted by atomic mass is 32.1. The number of nitrogens with one attached hydrogen (secondary N) is 1. The van der Waals surface area contributed by atoms with Crippen LogP contribution >= 0.6 is 11.3 Å². The molecule has 4 heterocycles. The maximum Gasteiger partial charge on any atom is 0.159 e. The van der Waals surface area contributed by atoms with Crippen molar-refractivity contribution >= 4 is 119 Å². The average Bonchev–Trinajstić information content (AvgIpc) is 4.07. The summed E-state index contributed by atoms with van der Waals surface area (Å²) in [4.78, 5) is 11.1. The zero-order chi connectivity index (χ0) is 45.2. The highest BCUT2D eigenvalue weighted by molar-refractivity contribution is 7.25. The van der Waals surface area contributed by atoms with Gasteiger partial charge in [-0.3, -0.25) is 0 Å². The summed E-state index contributed by atoms with van der Waals surface area (Å²) in [5.74, 6) is 1.40. The van der Waals surface area contributed by atoms with E-state index < -0.39 is 6.17 Å². The minimum atomic E-state index is -0.425. The third-order valence-electron chi connectivity index (χ3n) is 14.1. The van der Waals surface area contributed by atoms with Gasteiger partial charge in [-0.2, -0.15) is 0 Å². The molecule has 14 aromatic rings. The largest absolute Gasteiger partial charge is 0.454 e. The lowest BCUT2D eigenvalue weighted by molar-refractivity contribution is 0.666. The lowest BCUT2D eigenvalue weighted by Crippen LogP contribution is -2.33. The molecular weight excluding hydrogens is 861 g/mol. The number of hydrogen-bond acceptors (Lipinski definition) is 5. The molecule has 0 radical (unpaired) electrons. The molecule has 6 heteroatoms. The van der Waals surface area contributed by atoms with Gasteiger partial charge in [0.25, 0.3) is 0 Å². The topological polar surface area (TPSA) is 54.8 Å². The first-order chi connectivity index (χ1) is 34.1. The summed E-state index contributed by atoms with van der Waals surface area (Å²) >= 11 is 1.83. The van der Waals surface area contributed by atoms with Gasteiger partial charge in [0.2, 0.25) is 0 Å². The van der Waals surface area contributed by atoms with E-state index in [1.54, 1.807) is 0 Å². The molecule has 0 aliphatic carbocycles. The van der Waals surface area contributed by atoms with Crippen molar-refractivity contribution < 1.29 is 4.42 Å². The Morgan fingerprint density at radius 1 is 0.420 bits per heavy atom. The van der Waals surface area contributed by atoms with Crippen molar-refractivity contribution in [1.29, 1.82) is 0 Å². The van der Waals surface area contributed by atoms with E-state index in [0.29, 0.717) is 5.84 Å². The average molecular weight is 899 g/mol. The molecule has 0 amide bonds. The number of furan rings is 1. The van der Waals surface area contributed by atoms with E-state index in [1.807, 2.05) is 11.3 Å². The molecule has 1 aliphatic rings. The highest BCUT2D eigenvalue weighted by Crippen LogP contribution is 2.43. The molecular formula is C63H38N4OS. The van der Waals surface area contributed by atoms with Gasteiger partial charge in [0.05, 0.1) is 16.7 Å². The second-order valence-electron chi connectivity index (χ2n) is 18.2. The van der Waals surface area contributed by atoms with Gasteiger partial charge in [-0.05, 0) is 122 Å². The first-order valence-corrected chi connectivity index (χ1v) is 24.2. The lowest BCUT2D eigenvalue weighted by atomic mass is 10.0. The van der Waals surface area contributed by atoms with Gasteiger partial charge in [-0.25, -0.2) is 9.98 Å². The van der Waals surface area contributed by atoms with Gasteiger partial charge in [0, 0.05) is 52.8 Å². The van der Waals surface area contributed by atoms with Crippen molar-refractivity contribution in [3.63, 3.8) is 0 Å². The number of benzene rings is 11. The fraction of sp³-hybridized carbons (Fsp3) is 0.0159. The Kier molecular flexibility index (Phi) is 8.23. The molecule has 0 bridgehead atoms. The number of aromatic nitrogens is 1. The van der Waals surface area contributed by atoms with E-state index in [1.165, 1.54) is 52.5 Å². The first-order valence-electron chi connectivity index (χ1n) is 23.4. The smallest absolute Gasteiger partial charge is 0.159 e. The molecule has 322 valence electrons. The van der Waals surface area contributed by atoms with Crippen LogP contribution in [0.15, 0.2) is 233 Å². The van der Waals surface area contributed by atoms with E-state index in [2.05, 4.69) is 228 Å². The van der Waals surface area contributed by atoms with Crippen LogP contribution in [0.4, 0.5) is 0 Å². The molecule has 0 saturated carbocycles. The number of amidine groups is 2. The van der Waals surface area contributed by atoms with E-state index >= 15 is 0 Å². The van der Waals surface area contributed by atoms with Crippen LogP contribution in [0.5, 0.6) is 0 Å². The van der Waals surface area contributed by atoms with Crippen LogP contribution in [-0.4, -0.2) is 16.2 Å². The highest BCUT2D eigenvalue weighted by Gasteiger charge is 2.26. The van der Waals surface area contributed by atoms with Crippen LogP contribution in [0.3, 0.4) is 0 Å². The Bertz CT molecular complexity index is 4440. The van der Waals surface area contributed by atoms with E-state index in [0.717, 1.165) is 83.1 Å². The Morgan fingerprint density at radius 2 is 1.01 bits per heavy atom. The zero-order valence-electron chi connectivity index (χ0n) is 37.0. The minimum Gasteiger partial charge on any atom is -0.454 e. The van der Waals surface area contributed by atoms with Crippen molar-refractivity contribution in [3.8, 4) is 16.8 Å². The van der Waals surface area contributed by atoms with Crippen molar-refractivity contribution in [2.75, 3.05) is 0 Å². The summed E-state index contributed by atoms with van der Waals surface area (Å²) < 4.78 is 12.1. The maximum atomic E-state index is 7.13. The van der Waals surface area contributed by atoms with Crippen LogP contribution in [0, 0.1) is 0 Å². The fourth-order valence-electron chi connectivity index (χ4n) is 10.8. The van der Waals surface area contributed by atoms with Crippen LogP contribution < -0.4 is 5.32 Å². The maximum absolute atomic E-state index is 7.13. The Balaban J connectivity index is 1.02. The molecule has 3 aromatic heterocycles. The Hall–Kier alpha value is -8.84. The summed E-state index contributed by atoms with van der Waals surface area (Å²) in [6, 6.07) is 78.8. The third kappa shape index (κ3) is 6.09. The van der Waals surface area contributed by atoms with Gasteiger partial charge in [0.1, 0.15) is 17.6 Å². The lowest BCUT2D eigenvalue weighted by Gasteiger charge is -2.24. The summed E-state index contributed by atoms with van der Waals surface area (Å²) in [6.45, 7) is 0. The molecule has 1 N–H and O–H groups in total. The molecule has 15 rings (SSSR count). The van der Waals surface area contributed by atoms with E-state index in [-0.39, 0.29) is 0 Å². The standard InChI is InChI=1S/C63H38N4OS/c1-2-13-37(14-3-1)38-21-12-22-45(27-38)61-64-62(46-25-26-59-52(31-46)48-23-10-11-24-58(48)69-59)66-63(65-61)47-32-53-51-30-41-17-6-9-20-44(41)36-57(51)68-60(53)56(35-47)67-54-33-42-18-7-4-15-39(42)28-49(54)50-29-40-16-5-8-19-43(40)34-55(50)67/h1-36,62H,(H,64,65,66). The minimum absolute atomic E-state index is 0.425. The van der Waals surface area contributed by atoms with Gasteiger partial charge in [-0.15, -0.1) is 11.3 Å². The fourth-order valence-corrected chi connectivity index (χ4v) is 11.9. The Morgan fingerprint density at radius 3 is 1.74 bits per heavy atom. The van der Waals surface area contributed by atoms with Crippen LogP contribution in [0.1, 0.15) is 22.9 Å². The second-order valence-corrected chi connectivity index (χ2v) is 19.3. The van der Waals surface area contributed by atoms with Crippen LogP contribution in [0.2, 0.25) is 0 Å².